The predicted molar refractivity (Wildman–Crippen MR) is 103 cm³/mol. The first-order valence-corrected chi connectivity index (χ1v) is 9.00. The Bertz CT molecular complexity index is 722. The van der Waals surface area contributed by atoms with Gasteiger partial charge in [0.2, 0.25) is 0 Å². The first-order valence-electron chi connectivity index (χ1n) is 9.00. The molecule has 1 amide bonds. The fourth-order valence-electron chi connectivity index (χ4n) is 2.87. The summed E-state index contributed by atoms with van der Waals surface area (Å²) in [5.41, 5.74) is 4.77. The summed E-state index contributed by atoms with van der Waals surface area (Å²) in [5.74, 6) is 1.05. The summed E-state index contributed by atoms with van der Waals surface area (Å²) in [4.78, 5) is 12.4. The molecule has 1 N–H and O–H groups in total. The number of ether oxygens (including phenoxy) is 1. The third-order valence-electron chi connectivity index (χ3n) is 4.58. The van der Waals surface area contributed by atoms with Gasteiger partial charge in [0.05, 0.1) is 6.04 Å². The topological polar surface area (TPSA) is 38.3 Å². The number of benzene rings is 2. The summed E-state index contributed by atoms with van der Waals surface area (Å²) in [6.07, 6.45) is 0.844. The zero-order chi connectivity index (χ0) is 18.4. The summed E-state index contributed by atoms with van der Waals surface area (Å²) in [6.45, 7) is 10.5. The minimum absolute atomic E-state index is 0.00995. The number of amides is 1. The van der Waals surface area contributed by atoms with E-state index in [0.29, 0.717) is 5.92 Å². The Balaban J connectivity index is 2.00. The number of carbonyl (C=O) groups is 1. The fourth-order valence-corrected chi connectivity index (χ4v) is 2.87. The van der Waals surface area contributed by atoms with Gasteiger partial charge in [0.25, 0.3) is 5.91 Å². The third kappa shape index (κ3) is 5.09. The SMILES string of the molecule is CC[C@H](NC(=O)COc1ccccc1C(C)C)c1ccc(C)c(C)c1. The van der Waals surface area contributed by atoms with E-state index in [2.05, 4.69) is 58.1 Å². The Morgan fingerprint density at radius 1 is 1.08 bits per heavy atom. The Labute approximate surface area is 151 Å². The van der Waals surface area contributed by atoms with E-state index in [-0.39, 0.29) is 18.6 Å². The summed E-state index contributed by atoms with van der Waals surface area (Å²) in [7, 11) is 0. The van der Waals surface area contributed by atoms with Crippen molar-refractivity contribution in [3.05, 3.63) is 64.7 Å². The highest BCUT2D eigenvalue weighted by atomic mass is 16.5. The van der Waals surface area contributed by atoms with E-state index in [1.165, 1.54) is 11.1 Å². The highest BCUT2D eigenvalue weighted by Crippen LogP contribution is 2.26. The number of nitrogens with one attached hydrogen (secondary N) is 1. The van der Waals surface area contributed by atoms with Crippen LogP contribution in [0.3, 0.4) is 0 Å². The van der Waals surface area contributed by atoms with E-state index in [4.69, 9.17) is 4.74 Å². The molecule has 0 fully saturated rings. The number of rotatable bonds is 7. The second-order valence-electron chi connectivity index (χ2n) is 6.85. The number of hydrogen-bond donors (Lipinski definition) is 1. The van der Waals surface area contributed by atoms with E-state index < -0.39 is 0 Å². The largest absolute Gasteiger partial charge is 0.483 e. The second kappa shape index (κ2) is 8.70. The molecule has 0 spiro atoms. The van der Waals surface area contributed by atoms with Crippen molar-refractivity contribution in [2.45, 2.75) is 53.0 Å². The fraction of sp³-hybridized carbons (Fsp3) is 0.409. The molecule has 0 aliphatic rings. The Morgan fingerprint density at radius 2 is 1.80 bits per heavy atom. The second-order valence-corrected chi connectivity index (χ2v) is 6.85. The van der Waals surface area contributed by atoms with E-state index >= 15 is 0 Å². The lowest BCUT2D eigenvalue weighted by atomic mass is 9.99. The molecule has 3 heteroatoms. The van der Waals surface area contributed by atoms with Gasteiger partial charge in [-0.15, -0.1) is 0 Å². The van der Waals surface area contributed by atoms with Gasteiger partial charge >= 0.3 is 0 Å². The zero-order valence-electron chi connectivity index (χ0n) is 15.9. The van der Waals surface area contributed by atoms with Crippen LogP contribution in [0.1, 0.15) is 61.4 Å². The van der Waals surface area contributed by atoms with Crippen LogP contribution in [0.5, 0.6) is 5.75 Å². The molecular formula is C22H29NO2. The Hall–Kier alpha value is -2.29. The Morgan fingerprint density at radius 3 is 2.44 bits per heavy atom. The maximum atomic E-state index is 12.4. The average molecular weight is 339 g/mol. The molecule has 2 aromatic rings. The predicted octanol–water partition coefficient (Wildman–Crippen LogP) is 5.07. The smallest absolute Gasteiger partial charge is 0.258 e. The molecule has 2 rings (SSSR count). The molecule has 1 atom stereocenters. The molecule has 3 nitrogen and oxygen atoms in total. The highest BCUT2D eigenvalue weighted by molar-refractivity contribution is 5.78. The molecular weight excluding hydrogens is 310 g/mol. The first-order chi connectivity index (χ1) is 11.9. The molecule has 134 valence electrons. The third-order valence-corrected chi connectivity index (χ3v) is 4.58. The molecule has 0 radical (unpaired) electrons. The monoisotopic (exact) mass is 339 g/mol. The van der Waals surface area contributed by atoms with E-state index in [1.54, 1.807) is 0 Å². The van der Waals surface area contributed by atoms with Crippen LogP contribution in [0.15, 0.2) is 42.5 Å². The van der Waals surface area contributed by atoms with Gasteiger partial charge < -0.3 is 10.1 Å². The molecule has 0 aliphatic carbocycles. The number of carbonyl (C=O) groups excluding carboxylic acids is 1. The molecule has 0 aliphatic heterocycles. The normalized spacial score (nSPS) is 12.1. The maximum Gasteiger partial charge on any atom is 0.258 e. The van der Waals surface area contributed by atoms with Gasteiger partial charge in [-0.1, -0.05) is 57.2 Å². The van der Waals surface area contributed by atoms with E-state index in [9.17, 15) is 4.79 Å². The zero-order valence-corrected chi connectivity index (χ0v) is 15.9. The van der Waals surface area contributed by atoms with Crippen LogP contribution in [0.25, 0.3) is 0 Å². The van der Waals surface area contributed by atoms with Crippen molar-refractivity contribution in [2.24, 2.45) is 0 Å². The van der Waals surface area contributed by atoms with Crippen LogP contribution in [0, 0.1) is 13.8 Å². The van der Waals surface area contributed by atoms with Gasteiger partial charge in [0, 0.05) is 0 Å². The van der Waals surface area contributed by atoms with Crippen molar-refractivity contribution < 1.29 is 9.53 Å². The van der Waals surface area contributed by atoms with E-state index in [1.807, 2.05) is 24.3 Å². The Kier molecular flexibility index (Phi) is 6.63. The van der Waals surface area contributed by atoms with Gasteiger partial charge in [0.15, 0.2) is 6.61 Å². The maximum absolute atomic E-state index is 12.4. The van der Waals surface area contributed by atoms with Gasteiger partial charge in [-0.25, -0.2) is 0 Å². The molecule has 25 heavy (non-hydrogen) atoms. The van der Waals surface area contributed by atoms with Crippen molar-refractivity contribution in [2.75, 3.05) is 6.61 Å². The van der Waals surface area contributed by atoms with Crippen molar-refractivity contribution >= 4 is 5.91 Å². The van der Waals surface area contributed by atoms with Gasteiger partial charge in [-0.05, 0) is 54.5 Å². The molecule has 0 saturated carbocycles. The quantitative estimate of drug-likeness (QED) is 0.764. The van der Waals surface area contributed by atoms with Crippen LogP contribution in [-0.4, -0.2) is 12.5 Å². The summed E-state index contributed by atoms with van der Waals surface area (Å²) in [6, 6.07) is 14.2. The summed E-state index contributed by atoms with van der Waals surface area (Å²) < 4.78 is 5.77. The first kappa shape index (κ1) is 19.0. The molecule has 0 unspecified atom stereocenters. The standard InChI is InChI=1S/C22H29NO2/c1-6-20(18-12-11-16(4)17(5)13-18)23-22(24)14-25-21-10-8-7-9-19(21)15(2)3/h7-13,15,20H,6,14H2,1-5H3,(H,23,24)/t20-/m0/s1. The van der Waals surface area contributed by atoms with Crippen LogP contribution < -0.4 is 10.1 Å². The lowest BCUT2D eigenvalue weighted by molar-refractivity contribution is -0.123. The number of para-hydroxylation sites is 1. The molecule has 0 saturated heterocycles. The average Bonchev–Trinajstić information content (AvgIpc) is 2.60. The molecule has 2 aromatic carbocycles. The van der Waals surface area contributed by atoms with Crippen LogP contribution >= 0.6 is 0 Å². The molecule has 0 bridgehead atoms. The highest BCUT2D eigenvalue weighted by Gasteiger charge is 2.15. The summed E-state index contributed by atoms with van der Waals surface area (Å²) >= 11 is 0. The minimum Gasteiger partial charge on any atom is -0.483 e. The lowest BCUT2D eigenvalue weighted by Crippen LogP contribution is -2.32. The molecule has 0 aromatic heterocycles. The van der Waals surface area contributed by atoms with Crippen LogP contribution in [0.2, 0.25) is 0 Å². The lowest BCUT2D eigenvalue weighted by Gasteiger charge is -2.19. The van der Waals surface area contributed by atoms with Crippen molar-refractivity contribution in [1.82, 2.24) is 5.32 Å². The van der Waals surface area contributed by atoms with Gasteiger partial charge in [0.1, 0.15) is 5.75 Å². The van der Waals surface area contributed by atoms with Crippen molar-refractivity contribution in [3.63, 3.8) is 0 Å². The van der Waals surface area contributed by atoms with E-state index in [0.717, 1.165) is 23.3 Å². The summed E-state index contributed by atoms with van der Waals surface area (Å²) in [5, 5.41) is 3.08. The number of hydrogen-bond acceptors (Lipinski definition) is 2. The van der Waals surface area contributed by atoms with Crippen molar-refractivity contribution in [1.29, 1.82) is 0 Å². The number of aryl methyl sites for hydroxylation is 2. The minimum atomic E-state index is -0.0939. The van der Waals surface area contributed by atoms with Gasteiger partial charge in [-0.3, -0.25) is 4.79 Å². The van der Waals surface area contributed by atoms with Crippen LogP contribution in [0.4, 0.5) is 0 Å². The van der Waals surface area contributed by atoms with Gasteiger partial charge in [-0.2, -0.15) is 0 Å². The van der Waals surface area contributed by atoms with Crippen molar-refractivity contribution in [3.8, 4) is 5.75 Å². The molecule has 0 heterocycles. The van der Waals surface area contributed by atoms with Crippen LogP contribution in [-0.2, 0) is 4.79 Å².